The summed E-state index contributed by atoms with van der Waals surface area (Å²) in [5.41, 5.74) is 6.48. The Hall–Kier alpha value is -2.61. The molecule has 0 fully saturated rings. The van der Waals surface area contributed by atoms with Crippen molar-refractivity contribution in [3.63, 3.8) is 0 Å². The van der Waals surface area contributed by atoms with Gasteiger partial charge in [0.2, 0.25) is 0 Å². The molecule has 0 bridgehead atoms. The van der Waals surface area contributed by atoms with Gasteiger partial charge in [0.05, 0.1) is 29.7 Å². The van der Waals surface area contributed by atoms with Gasteiger partial charge in [0, 0.05) is 5.38 Å². The van der Waals surface area contributed by atoms with Crippen LogP contribution in [0.4, 0.5) is 9.93 Å². The van der Waals surface area contributed by atoms with Gasteiger partial charge in [-0.1, -0.05) is 12.1 Å². The Morgan fingerprint density at radius 1 is 1.41 bits per heavy atom. The van der Waals surface area contributed by atoms with Gasteiger partial charge in [-0.05, 0) is 19.1 Å². The van der Waals surface area contributed by atoms with Gasteiger partial charge in [-0.25, -0.2) is 14.5 Å². The van der Waals surface area contributed by atoms with Crippen LogP contribution in [0.25, 0.3) is 10.9 Å². The third-order valence-corrected chi connectivity index (χ3v) is 3.88. The summed E-state index contributed by atoms with van der Waals surface area (Å²) < 4.78 is 7.62. The van der Waals surface area contributed by atoms with Crippen molar-refractivity contribution < 1.29 is 9.53 Å². The van der Waals surface area contributed by atoms with Crippen LogP contribution < -0.4 is 11.3 Å². The Kier molecular flexibility index (Phi) is 3.68. The summed E-state index contributed by atoms with van der Waals surface area (Å²) in [6.07, 6.45) is -0.594. The number of rotatable bonds is 3. The molecule has 0 unspecified atom stereocenters. The van der Waals surface area contributed by atoms with E-state index in [1.165, 1.54) is 20.7 Å². The van der Waals surface area contributed by atoms with E-state index in [0.29, 0.717) is 21.7 Å². The van der Waals surface area contributed by atoms with E-state index in [1.807, 2.05) is 0 Å². The van der Waals surface area contributed by atoms with Crippen molar-refractivity contribution in [2.45, 2.75) is 13.5 Å². The molecule has 0 aliphatic rings. The highest BCUT2D eigenvalue weighted by atomic mass is 32.1. The first-order chi connectivity index (χ1) is 10.6. The van der Waals surface area contributed by atoms with Crippen LogP contribution in [0.5, 0.6) is 0 Å². The molecule has 1 aromatic carbocycles. The number of benzene rings is 1. The summed E-state index contributed by atoms with van der Waals surface area (Å²) in [4.78, 5) is 28.9. The number of hydrogen-bond acceptors (Lipinski definition) is 6. The molecule has 7 nitrogen and oxygen atoms in total. The molecule has 2 N–H and O–H groups in total. The Labute approximate surface area is 129 Å². The minimum Gasteiger partial charge on any atom is -0.448 e. The molecule has 8 heteroatoms. The third kappa shape index (κ3) is 2.37. The molecular formula is C14H14N4O3S. The molecule has 0 aliphatic heterocycles. The molecule has 114 valence electrons. The standard InChI is InChI=1S/C14H14N4O3S/c1-2-21-14(20)18-11-6-4-3-5-10(11)12(19)17(18)7-9-8-22-13(15)16-9/h3-6,8H,2,7H2,1H3,(H2,15,16). The van der Waals surface area contributed by atoms with Crippen LogP contribution in [0, 0.1) is 0 Å². The second kappa shape index (κ2) is 5.64. The lowest BCUT2D eigenvalue weighted by molar-refractivity contribution is 0.147. The van der Waals surface area contributed by atoms with E-state index < -0.39 is 6.09 Å². The molecule has 0 amide bonds. The van der Waals surface area contributed by atoms with Gasteiger partial charge in [0.15, 0.2) is 5.13 Å². The van der Waals surface area contributed by atoms with Crippen molar-refractivity contribution in [2.75, 3.05) is 12.3 Å². The first-order valence-electron chi connectivity index (χ1n) is 6.69. The normalized spacial score (nSPS) is 11.0. The number of aromatic nitrogens is 3. The average Bonchev–Trinajstić information content (AvgIpc) is 3.03. The summed E-state index contributed by atoms with van der Waals surface area (Å²) in [5.74, 6) is 0. The maximum atomic E-state index is 12.5. The predicted molar refractivity (Wildman–Crippen MR) is 84.2 cm³/mol. The number of hydrogen-bond donors (Lipinski definition) is 1. The van der Waals surface area contributed by atoms with Crippen molar-refractivity contribution in [1.29, 1.82) is 0 Å². The van der Waals surface area contributed by atoms with Gasteiger partial charge in [0.25, 0.3) is 5.56 Å². The third-order valence-electron chi connectivity index (χ3n) is 3.16. The highest BCUT2D eigenvalue weighted by Gasteiger charge is 2.19. The van der Waals surface area contributed by atoms with Crippen molar-refractivity contribution in [2.24, 2.45) is 0 Å². The zero-order valence-electron chi connectivity index (χ0n) is 11.9. The maximum Gasteiger partial charge on any atom is 0.433 e. The molecular weight excluding hydrogens is 304 g/mol. The highest BCUT2D eigenvalue weighted by molar-refractivity contribution is 7.13. The fourth-order valence-electron chi connectivity index (χ4n) is 2.27. The quantitative estimate of drug-likeness (QED) is 0.796. The van der Waals surface area contributed by atoms with Crippen LogP contribution in [0.2, 0.25) is 0 Å². The van der Waals surface area contributed by atoms with Gasteiger partial charge >= 0.3 is 6.09 Å². The van der Waals surface area contributed by atoms with Gasteiger partial charge in [0.1, 0.15) is 0 Å². The number of nitrogens with zero attached hydrogens (tertiary/aromatic N) is 3. The predicted octanol–water partition coefficient (Wildman–Crippen LogP) is 1.89. The van der Waals surface area contributed by atoms with E-state index in [-0.39, 0.29) is 18.7 Å². The summed E-state index contributed by atoms with van der Waals surface area (Å²) in [6, 6.07) is 6.91. The fraction of sp³-hybridized carbons (Fsp3) is 0.214. The van der Waals surface area contributed by atoms with E-state index in [4.69, 9.17) is 10.5 Å². The molecule has 2 aromatic heterocycles. The number of para-hydroxylation sites is 1. The molecule has 0 saturated heterocycles. The minimum atomic E-state index is -0.594. The largest absolute Gasteiger partial charge is 0.448 e. The molecule has 0 radical (unpaired) electrons. The zero-order chi connectivity index (χ0) is 15.7. The van der Waals surface area contributed by atoms with Gasteiger partial charge < -0.3 is 10.5 Å². The molecule has 0 spiro atoms. The van der Waals surface area contributed by atoms with Crippen molar-refractivity contribution >= 4 is 33.5 Å². The number of carbonyl (C=O) groups is 1. The number of nitrogen functional groups attached to an aromatic ring is 1. The summed E-state index contributed by atoms with van der Waals surface area (Å²) in [7, 11) is 0. The van der Waals surface area contributed by atoms with Crippen LogP contribution in [0.1, 0.15) is 12.6 Å². The van der Waals surface area contributed by atoms with Gasteiger partial charge in [-0.3, -0.25) is 4.79 Å². The Balaban J connectivity index is 2.18. The van der Waals surface area contributed by atoms with E-state index >= 15 is 0 Å². The van der Waals surface area contributed by atoms with Crippen molar-refractivity contribution in [3.05, 3.63) is 45.7 Å². The topological polar surface area (TPSA) is 92.1 Å². The highest BCUT2D eigenvalue weighted by Crippen LogP contribution is 2.15. The van der Waals surface area contributed by atoms with Crippen molar-refractivity contribution in [3.8, 4) is 0 Å². The van der Waals surface area contributed by atoms with Crippen LogP contribution in [0.15, 0.2) is 34.4 Å². The second-order valence-electron chi connectivity index (χ2n) is 4.57. The number of ether oxygens (including phenoxy) is 1. The minimum absolute atomic E-state index is 0.153. The number of anilines is 1. The van der Waals surface area contributed by atoms with Gasteiger partial charge in [-0.15, -0.1) is 11.3 Å². The summed E-state index contributed by atoms with van der Waals surface area (Å²) in [6.45, 7) is 2.09. The number of thiazole rings is 1. The molecule has 22 heavy (non-hydrogen) atoms. The SMILES string of the molecule is CCOC(=O)n1c2ccccc2c(=O)n1Cc1csc(N)n1. The van der Waals surface area contributed by atoms with E-state index in [9.17, 15) is 9.59 Å². The summed E-state index contributed by atoms with van der Waals surface area (Å²) >= 11 is 1.29. The molecule has 2 heterocycles. The number of carbonyl (C=O) groups excluding carboxylic acids is 1. The lowest BCUT2D eigenvalue weighted by atomic mass is 10.2. The first-order valence-corrected chi connectivity index (χ1v) is 7.57. The fourth-order valence-corrected chi connectivity index (χ4v) is 2.83. The summed E-state index contributed by atoms with van der Waals surface area (Å²) in [5, 5.41) is 2.63. The van der Waals surface area contributed by atoms with Crippen LogP contribution in [-0.4, -0.2) is 27.0 Å². The first kappa shape index (κ1) is 14.3. The molecule has 0 aliphatic carbocycles. The molecule has 3 rings (SSSR count). The van der Waals surface area contributed by atoms with E-state index in [0.717, 1.165) is 0 Å². The Morgan fingerprint density at radius 3 is 2.86 bits per heavy atom. The molecule has 3 aromatic rings. The maximum absolute atomic E-state index is 12.5. The van der Waals surface area contributed by atoms with Crippen LogP contribution in [-0.2, 0) is 11.3 Å². The van der Waals surface area contributed by atoms with Crippen LogP contribution in [0.3, 0.4) is 0 Å². The lowest BCUT2D eigenvalue weighted by Crippen LogP contribution is -2.29. The number of fused-ring (bicyclic) bond motifs is 1. The van der Waals surface area contributed by atoms with E-state index in [1.54, 1.807) is 36.6 Å². The smallest absolute Gasteiger partial charge is 0.433 e. The van der Waals surface area contributed by atoms with Gasteiger partial charge in [-0.2, -0.15) is 4.68 Å². The van der Waals surface area contributed by atoms with Crippen molar-refractivity contribution in [1.82, 2.24) is 14.3 Å². The second-order valence-corrected chi connectivity index (χ2v) is 5.46. The monoisotopic (exact) mass is 318 g/mol. The van der Waals surface area contributed by atoms with E-state index in [2.05, 4.69) is 4.98 Å². The lowest BCUT2D eigenvalue weighted by Gasteiger charge is -2.09. The molecule has 0 atom stereocenters. The number of nitrogens with two attached hydrogens (primary N) is 1. The Morgan fingerprint density at radius 2 is 2.18 bits per heavy atom. The average molecular weight is 318 g/mol. The zero-order valence-corrected chi connectivity index (χ0v) is 12.7. The Bertz CT molecular complexity index is 893. The van der Waals surface area contributed by atoms with Crippen LogP contribution >= 0.6 is 11.3 Å². The molecule has 0 saturated carbocycles.